The minimum Gasteiger partial charge on any atom is -0.343 e. The van der Waals surface area contributed by atoms with Gasteiger partial charge < -0.3 is 10.6 Å². The molecule has 3 nitrogen and oxygen atoms in total. The number of amides is 1. The summed E-state index contributed by atoms with van der Waals surface area (Å²) < 4.78 is 0. The maximum Gasteiger partial charge on any atom is 0.222 e. The normalized spacial score (nSPS) is 17.0. The molecular weight excluding hydrogens is 164 g/mol. The first-order chi connectivity index (χ1) is 6.34. The van der Waals surface area contributed by atoms with Gasteiger partial charge in [-0.05, 0) is 25.8 Å². The lowest BCUT2D eigenvalue weighted by Gasteiger charge is -2.14. The number of nitrogens with zero attached hydrogens (tertiary/aromatic N) is 1. The molecule has 1 saturated heterocycles. The Kier molecular flexibility index (Phi) is 4.83. The van der Waals surface area contributed by atoms with Crippen LogP contribution in [0.25, 0.3) is 0 Å². The van der Waals surface area contributed by atoms with E-state index in [0.717, 1.165) is 45.3 Å². The third-order valence-electron chi connectivity index (χ3n) is 2.55. The fourth-order valence-corrected chi connectivity index (χ4v) is 1.74. The third-order valence-corrected chi connectivity index (χ3v) is 2.55. The highest BCUT2D eigenvalue weighted by Crippen LogP contribution is 2.11. The second kappa shape index (κ2) is 5.97. The molecule has 0 atom stereocenters. The molecule has 0 aromatic rings. The average Bonchev–Trinajstić information content (AvgIpc) is 2.52. The van der Waals surface area contributed by atoms with Crippen LogP contribution in [0.4, 0.5) is 0 Å². The van der Waals surface area contributed by atoms with E-state index < -0.39 is 0 Å². The van der Waals surface area contributed by atoms with Gasteiger partial charge in [-0.25, -0.2) is 0 Å². The molecule has 1 heterocycles. The maximum absolute atomic E-state index is 11.2. The van der Waals surface area contributed by atoms with E-state index in [1.165, 1.54) is 12.8 Å². The van der Waals surface area contributed by atoms with Crippen LogP contribution >= 0.6 is 0 Å². The largest absolute Gasteiger partial charge is 0.343 e. The Morgan fingerprint density at radius 1 is 1.23 bits per heavy atom. The molecule has 3 heteroatoms. The van der Waals surface area contributed by atoms with Crippen LogP contribution in [-0.2, 0) is 4.79 Å². The zero-order valence-electron chi connectivity index (χ0n) is 8.30. The molecule has 0 spiro atoms. The van der Waals surface area contributed by atoms with Gasteiger partial charge >= 0.3 is 0 Å². The number of likely N-dealkylation sites (tertiary alicyclic amines) is 1. The average molecular weight is 184 g/mol. The standard InChI is InChI=1S/C10H20N2O/c11-7-3-1-2-4-8-12-9-5-6-10(12)13/h1-9,11H2. The van der Waals surface area contributed by atoms with Crippen molar-refractivity contribution >= 4 is 5.91 Å². The molecule has 13 heavy (non-hydrogen) atoms. The summed E-state index contributed by atoms with van der Waals surface area (Å²) in [4.78, 5) is 13.2. The van der Waals surface area contributed by atoms with Crippen molar-refractivity contribution in [2.75, 3.05) is 19.6 Å². The van der Waals surface area contributed by atoms with E-state index >= 15 is 0 Å². The second-order valence-corrected chi connectivity index (χ2v) is 3.69. The Hall–Kier alpha value is -0.570. The number of nitrogens with two attached hydrogens (primary N) is 1. The van der Waals surface area contributed by atoms with Crippen molar-refractivity contribution in [3.63, 3.8) is 0 Å². The molecule has 0 aromatic heterocycles. The lowest BCUT2D eigenvalue weighted by molar-refractivity contribution is -0.127. The number of unbranched alkanes of at least 4 members (excludes halogenated alkanes) is 3. The van der Waals surface area contributed by atoms with Crippen molar-refractivity contribution in [1.29, 1.82) is 0 Å². The summed E-state index contributed by atoms with van der Waals surface area (Å²) in [5, 5.41) is 0. The summed E-state index contributed by atoms with van der Waals surface area (Å²) in [6.07, 6.45) is 6.50. The van der Waals surface area contributed by atoms with Gasteiger partial charge in [0, 0.05) is 19.5 Å². The van der Waals surface area contributed by atoms with Crippen molar-refractivity contribution in [1.82, 2.24) is 4.90 Å². The summed E-state index contributed by atoms with van der Waals surface area (Å²) in [6, 6.07) is 0. The third kappa shape index (κ3) is 3.77. The topological polar surface area (TPSA) is 46.3 Å². The Morgan fingerprint density at radius 2 is 2.00 bits per heavy atom. The van der Waals surface area contributed by atoms with E-state index in [9.17, 15) is 4.79 Å². The molecule has 1 amide bonds. The number of carbonyl (C=O) groups is 1. The zero-order chi connectivity index (χ0) is 9.52. The molecule has 2 N–H and O–H groups in total. The predicted molar refractivity (Wildman–Crippen MR) is 53.3 cm³/mol. The van der Waals surface area contributed by atoms with E-state index in [4.69, 9.17) is 5.73 Å². The molecule has 0 unspecified atom stereocenters. The van der Waals surface area contributed by atoms with Gasteiger partial charge in [-0.15, -0.1) is 0 Å². The van der Waals surface area contributed by atoms with Crippen molar-refractivity contribution in [3.05, 3.63) is 0 Å². The van der Waals surface area contributed by atoms with Crippen molar-refractivity contribution in [2.45, 2.75) is 38.5 Å². The molecule has 0 aliphatic carbocycles. The minimum absolute atomic E-state index is 0.346. The van der Waals surface area contributed by atoms with Crippen molar-refractivity contribution in [3.8, 4) is 0 Å². The van der Waals surface area contributed by atoms with Gasteiger partial charge in [-0.2, -0.15) is 0 Å². The van der Waals surface area contributed by atoms with Gasteiger partial charge in [0.1, 0.15) is 0 Å². The summed E-state index contributed by atoms with van der Waals surface area (Å²) in [6.45, 7) is 2.74. The molecule has 1 aliphatic heterocycles. The van der Waals surface area contributed by atoms with Crippen LogP contribution in [0.5, 0.6) is 0 Å². The highest BCUT2D eigenvalue weighted by Gasteiger charge is 2.18. The summed E-state index contributed by atoms with van der Waals surface area (Å²) in [5.74, 6) is 0.346. The van der Waals surface area contributed by atoms with E-state index in [-0.39, 0.29) is 0 Å². The smallest absolute Gasteiger partial charge is 0.222 e. The van der Waals surface area contributed by atoms with Crippen molar-refractivity contribution in [2.24, 2.45) is 5.73 Å². The molecule has 76 valence electrons. The molecule has 0 radical (unpaired) electrons. The number of hydrogen-bond acceptors (Lipinski definition) is 2. The van der Waals surface area contributed by atoms with E-state index in [2.05, 4.69) is 0 Å². The van der Waals surface area contributed by atoms with Gasteiger partial charge in [-0.1, -0.05) is 12.8 Å². The number of hydrogen-bond donors (Lipinski definition) is 1. The monoisotopic (exact) mass is 184 g/mol. The van der Waals surface area contributed by atoms with E-state index in [1.54, 1.807) is 0 Å². The lowest BCUT2D eigenvalue weighted by Crippen LogP contribution is -2.25. The van der Waals surface area contributed by atoms with Gasteiger partial charge in [0.15, 0.2) is 0 Å². The Bertz CT molecular complexity index is 159. The minimum atomic E-state index is 0.346. The highest BCUT2D eigenvalue weighted by atomic mass is 16.2. The van der Waals surface area contributed by atoms with E-state index in [1.807, 2.05) is 4.90 Å². The molecule has 0 aromatic carbocycles. The summed E-state index contributed by atoms with van der Waals surface area (Å²) in [7, 11) is 0. The Morgan fingerprint density at radius 3 is 2.62 bits per heavy atom. The van der Waals surface area contributed by atoms with Gasteiger partial charge in [0.2, 0.25) is 5.91 Å². The quantitative estimate of drug-likeness (QED) is 0.629. The van der Waals surface area contributed by atoms with Crippen LogP contribution in [0.15, 0.2) is 0 Å². The van der Waals surface area contributed by atoms with Gasteiger partial charge in [-0.3, -0.25) is 4.79 Å². The molecule has 1 rings (SSSR count). The van der Waals surface area contributed by atoms with Crippen LogP contribution in [0.1, 0.15) is 38.5 Å². The second-order valence-electron chi connectivity index (χ2n) is 3.69. The Labute approximate surface area is 80.3 Å². The number of carbonyl (C=O) groups excluding carboxylic acids is 1. The maximum atomic E-state index is 11.2. The highest BCUT2D eigenvalue weighted by molar-refractivity contribution is 5.77. The predicted octanol–water partition coefficient (Wildman–Crippen LogP) is 1.13. The molecule has 1 fully saturated rings. The van der Waals surface area contributed by atoms with E-state index in [0.29, 0.717) is 5.91 Å². The van der Waals surface area contributed by atoms with Crippen LogP contribution in [0, 0.1) is 0 Å². The molecule has 0 bridgehead atoms. The summed E-state index contributed by atoms with van der Waals surface area (Å²) >= 11 is 0. The van der Waals surface area contributed by atoms with Crippen LogP contribution < -0.4 is 5.73 Å². The first-order valence-electron chi connectivity index (χ1n) is 5.32. The molecular formula is C10H20N2O. The number of rotatable bonds is 6. The van der Waals surface area contributed by atoms with Crippen LogP contribution in [0.3, 0.4) is 0 Å². The fourth-order valence-electron chi connectivity index (χ4n) is 1.74. The van der Waals surface area contributed by atoms with Crippen LogP contribution in [-0.4, -0.2) is 30.4 Å². The van der Waals surface area contributed by atoms with Crippen molar-refractivity contribution < 1.29 is 4.79 Å². The first-order valence-corrected chi connectivity index (χ1v) is 5.32. The molecule has 0 saturated carbocycles. The molecule has 1 aliphatic rings. The van der Waals surface area contributed by atoms with Crippen LogP contribution in [0.2, 0.25) is 0 Å². The van der Waals surface area contributed by atoms with Gasteiger partial charge in [0.05, 0.1) is 0 Å². The fraction of sp³-hybridized carbons (Fsp3) is 0.900. The summed E-state index contributed by atoms with van der Waals surface area (Å²) in [5.41, 5.74) is 5.39. The van der Waals surface area contributed by atoms with Gasteiger partial charge in [0.25, 0.3) is 0 Å². The SMILES string of the molecule is NCCCCCCN1CCCC1=O. The Balaban J connectivity index is 1.96. The lowest BCUT2D eigenvalue weighted by atomic mass is 10.2. The first kappa shape index (κ1) is 10.5. The zero-order valence-corrected chi connectivity index (χ0v) is 8.30.